The molecule has 1 heterocycles. The number of rotatable bonds is 5. The third kappa shape index (κ3) is 4.42. The molecular formula is C19H17Cl2N3O2. The normalized spacial score (nSPS) is 11.0. The zero-order valence-corrected chi connectivity index (χ0v) is 15.8. The van der Waals surface area contributed by atoms with Gasteiger partial charge in [-0.3, -0.25) is 10.1 Å². The molecule has 1 N–H and O–H groups in total. The third-order valence-electron chi connectivity index (χ3n) is 3.84. The Kier molecular flexibility index (Phi) is 5.59. The van der Waals surface area contributed by atoms with Crippen LogP contribution in [0.15, 0.2) is 46.9 Å². The number of carbonyl (C=O) groups excluding carboxylic acids is 1. The lowest BCUT2D eigenvalue weighted by molar-refractivity contribution is -0.115. The molecular weight excluding hydrogens is 373 g/mol. The van der Waals surface area contributed by atoms with Crippen molar-refractivity contribution in [1.82, 2.24) is 10.2 Å². The second-order valence-corrected chi connectivity index (χ2v) is 7.00. The average Bonchev–Trinajstić information content (AvgIpc) is 3.03. The summed E-state index contributed by atoms with van der Waals surface area (Å²) in [4.78, 5) is 12.2. The van der Waals surface area contributed by atoms with Crippen molar-refractivity contribution in [3.05, 3.63) is 63.6 Å². The minimum absolute atomic E-state index is 0.0230. The molecule has 1 amide bonds. The standard InChI is InChI=1S/C19H17Cl2N3O2/c1-11(2)13-5-3-12(4-6-13)9-17(25)22-19-24-23-18(26-19)15-8-7-14(20)10-16(15)21/h3-8,10-11H,9H2,1-2H3,(H,22,24,25). The van der Waals surface area contributed by atoms with E-state index in [4.69, 9.17) is 27.6 Å². The first-order valence-corrected chi connectivity index (χ1v) is 8.85. The second kappa shape index (κ2) is 7.89. The SMILES string of the molecule is CC(C)c1ccc(CC(=O)Nc2nnc(-c3ccc(Cl)cc3Cl)o2)cc1. The number of hydrogen-bond acceptors (Lipinski definition) is 4. The third-order valence-corrected chi connectivity index (χ3v) is 4.39. The van der Waals surface area contributed by atoms with Crippen LogP contribution >= 0.6 is 23.2 Å². The fourth-order valence-corrected chi connectivity index (χ4v) is 2.90. The Morgan fingerprint density at radius 2 is 1.85 bits per heavy atom. The van der Waals surface area contributed by atoms with E-state index in [1.54, 1.807) is 18.2 Å². The van der Waals surface area contributed by atoms with E-state index in [1.165, 1.54) is 5.56 Å². The van der Waals surface area contributed by atoms with Gasteiger partial charge in [0, 0.05) is 5.02 Å². The summed E-state index contributed by atoms with van der Waals surface area (Å²) in [7, 11) is 0. The molecule has 0 aliphatic heterocycles. The van der Waals surface area contributed by atoms with Crippen LogP contribution in [-0.2, 0) is 11.2 Å². The molecule has 3 aromatic rings. The summed E-state index contributed by atoms with van der Waals surface area (Å²) in [6, 6.07) is 12.9. The van der Waals surface area contributed by atoms with Crippen molar-refractivity contribution in [3.63, 3.8) is 0 Å². The number of benzene rings is 2. The van der Waals surface area contributed by atoms with Crippen molar-refractivity contribution < 1.29 is 9.21 Å². The van der Waals surface area contributed by atoms with Gasteiger partial charge in [0.1, 0.15) is 0 Å². The Morgan fingerprint density at radius 1 is 1.12 bits per heavy atom. The molecule has 0 saturated heterocycles. The smallest absolute Gasteiger partial charge is 0.322 e. The largest absolute Gasteiger partial charge is 0.403 e. The van der Waals surface area contributed by atoms with Gasteiger partial charge in [0.05, 0.1) is 17.0 Å². The van der Waals surface area contributed by atoms with E-state index in [9.17, 15) is 4.79 Å². The number of halogens is 2. The summed E-state index contributed by atoms with van der Waals surface area (Å²) in [6.07, 6.45) is 0.220. The number of nitrogens with zero attached hydrogens (tertiary/aromatic N) is 2. The Hall–Kier alpha value is -2.37. The highest BCUT2D eigenvalue weighted by Gasteiger charge is 2.14. The highest BCUT2D eigenvalue weighted by atomic mass is 35.5. The first-order chi connectivity index (χ1) is 12.4. The van der Waals surface area contributed by atoms with Crippen LogP contribution in [0.5, 0.6) is 0 Å². The van der Waals surface area contributed by atoms with Crippen molar-refractivity contribution in [3.8, 4) is 11.5 Å². The summed E-state index contributed by atoms with van der Waals surface area (Å²) >= 11 is 12.0. The molecule has 0 aliphatic carbocycles. The van der Waals surface area contributed by atoms with Crippen molar-refractivity contribution in [2.45, 2.75) is 26.2 Å². The van der Waals surface area contributed by atoms with Gasteiger partial charge in [-0.25, -0.2) is 0 Å². The molecule has 0 atom stereocenters. The molecule has 0 spiro atoms. The molecule has 0 aliphatic rings. The summed E-state index contributed by atoms with van der Waals surface area (Å²) in [6.45, 7) is 4.25. The molecule has 7 heteroatoms. The lowest BCUT2D eigenvalue weighted by atomic mass is 10.0. The second-order valence-electron chi connectivity index (χ2n) is 6.16. The number of amides is 1. The molecule has 0 fully saturated rings. The van der Waals surface area contributed by atoms with Crippen molar-refractivity contribution in [1.29, 1.82) is 0 Å². The molecule has 0 saturated carbocycles. The van der Waals surface area contributed by atoms with Gasteiger partial charge in [0.2, 0.25) is 5.91 Å². The van der Waals surface area contributed by atoms with Gasteiger partial charge in [-0.1, -0.05) is 66.4 Å². The number of aromatic nitrogens is 2. The Bertz CT molecular complexity index is 921. The van der Waals surface area contributed by atoms with Gasteiger partial charge >= 0.3 is 6.01 Å². The maximum absolute atomic E-state index is 12.2. The molecule has 5 nitrogen and oxygen atoms in total. The molecule has 26 heavy (non-hydrogen) atoms. The molecule has 2 aromatic carbocycles. The van der Waals surface area contributed by atoms with E-state index in [2.05, 4.69) is 29.4 Å². The van der Waals surface area contributed by atoms with E-state index in [-0.39, 0.29) is 24.2 Å². The maximum atomic E-state index is 12.2. The van der Waals surface area contributed by atoms with Crippen LogP contribution in [0.4, 0.5) is 6.01 Å². The van der Waals surface area contributed by atoms with Crippen LogP contribution in [-0.4, -0.2) is 16.1 Å². The topological polar surface area (TPSA) is 68.0 Å². The van der Waals surface area contributed by atoms with Gasteiger partial charge < -0.3 is 4.42 Å². The predicted molar refractivity (Wildman–Crippen MR) is 103 cm³/mol. The monoisotopic (exact) mass is 389 g/mol. The Balaban J connectivity index is 1.66. The van der Waals surface area contributed by atoms with E-state index >= 15 is 0 Å². The average molecular weight is 390 g/mol. The minimum atomic E-state index is -0.236. The van der Waals surface area contributed by atoms with Gasteiger partial charge in [0.25, 0.3) is 5.89 Å². The zero-order valence-electron chi connectivity index (χ0n) is 14.3. The molecule has 1 aromatic heterocycles. The van der Waals surface area contributed by atoms with Crippen LogP contribution in [0.1, 0.15) is 30.9 Å². The van der Waals surface area contributed by atoms with E-state index in [0.29, 0.717) is 21.5 Å². The van der Waals surface area contributed by atoms with Gasteiger partial charge in [-0.05, 0) is 35.2 Å². The summed E-state index contributed by atoms with van der Waals surface area (Å²) in [5.74, 6) is 0.428. The number of anilines is 1. The fourth-order valence-electron chi connectivity index (χ4n) is 2.41. The molecule has 0 unspecified atom stereocenters. The molecule has 134 valence electrons. The first kappa shape index (κ1) is 18.4. The highest BCUT2D eigenvalue weighted by Crippen LogP contribution is 2.30. The minimum Gasteiger partial charge on any atom is -0.403 e. The molecule has 0 bridgehead atoms. The Labute approximate surface area is 161 Å². The fraction of sp³-hybridized carbons (Fsp3) is 0.211. The molecule has 0 radical (unpaired) electrons. The quantitative estimate of drug-likeness (QED) is 0.638. The summed E-state index contributed by atoms with van der Waals surface area (Å²) < 4.78 is 5.47. The predicted octanol–water partition coefficient (Wildman–Crippen LogP) is 5.35. The van der Waals surface area contributed by atoms with Crippen LogP contribution in [0.25, 0.3) is 11.5 Å². The zero-order chi connectivity index (χ0) is 18.7. The van der Waals surface area contributed by atoms with Crippen molar-refractivity contribution in [2.75, 3.05) is 5.32 Å². The van der Waals surface area contributed by atoms with Crippen LogP contribution in [0, 0.1) is 0 Å². The van der Waals surface area contributed by atoms with E-state index < -0.39 is 0 Å². The van der Waals surface area contributed by atoms with Crippen LogP contribution < -0.4 is 5.32 Å². The summed E-state index contributed by atoms with van der Waals surface area (Å²) in [5, 5.41) is 11.2. The maximum Gasteiger partial charge on any atom is 0.322 e. The van der Waals surface area contributed by atoms with Crippen molar-refractivity contribution in [2.24, 2.45) is 0 Å². The lowest BCUT2D eigenvalue weighted by Crippen LogP contribution is -2.14. The first-order valence-electron chi connectivity index (χ1n) is 8.10. The van der Waals surface area contributed by atoms with Crippen molar-refractivity contribution >= 4 is 35.1 Å². The van der Waals surface area contributed by atoms with Gasteiger partial charge in [-0.15, -0.1) is 5.10 Å². The van der Waals surface area contributed by atoms with E-state index in [1.807, 2.05) is 24.3 Å². The number of nitrogens with one attached hydrogen (secondary N) is 1. The highest BCUT2D eigenvalue weighted by molar-refractivity contribution is 6.36. The van der Waals surface area contributed by atoms with Crippen LogP contribution in [0.2, 0.25) is 10.0 Å². The molecule has 3 rings (SSSR count). The van der Waals surface area contributed by atoms with Gasteiger partial charge in [0.15, 0.2) is 0 Å². The van der Waals surface area contributed by atoms with Gasteiger partial charge in [-0.2, -0.15) is 0 Å². The summed E-state index contributed by atoms with van der Waals surface area (Å²) in [5.41, 5.74) is 2.69. The lowest BCUT2D eigenvalue weighted by Gasteiger charge is -2.06. The van der Waals surface area contributed by atoms with E-state index in [0.717, 1.165) is 5.56 Å². The number of carbonyl (C=O) groups is 1. The number of hydrogen-bond donors (Lipinski definition) is 1. The van der Waals surface area contributed by atoms with Crippen LogP contribution in [0.3, 0.4) is 0 Å². The Morgan fingerprint density at radius 3 is 2.50 bits per heavy atom.